The van der Waals surface area contributed by atoms with Crippen LogP contribution in [0.1, 0.15) is 63.4 Å². The Morgan fingerprint density at radius 1 is 1.04 bits per heavy atom. The summed E-state index contributed by atoms with van der Waals surface area (Å²) in [5, 5.41) is 0. The van der Waals surface area contributed by atoms with E-state index in [0.717, 1.165) is 38.3 Å². The minimum absolute atomic E-state index is 0.331. The highest BCUT2D eigenvalue weighted by atomic mass is 16.1. The van der Waals surface area contributed by atoms with Gasteiger partial charge in [0.05, 0.1) is 0 Å². The number of anilines is 1. The van der Waals surface area contributed by atoms with Gasteiger partial charge in [0.15, 0.2) is 0 Å². The number of Topliss-reactive ketones (excluding diaryl/α,β-unsaturated/α-hetero) is 1. The monoisotopic (exact) mass is 342 g/mol. The Kier molecular flexibility index (Phi) is 4.76. The zero-order chi connectivity index (χ0) is 17.4. The highest BCUT2D eigenvalue weighted by Crippen LogP contribution is 2.37. The summed E-state index contributed by atoms with van der Waals surface area (Å²) in [6.07, 6.45) is 12.1. The molecule has 0 radical (unpaired) electrons. The third-order valence-electron chi connectivity index (χ3n) is 6.45. The van der Waals surface area contributed by atoms with Crippen molar-refractivity contribution in [3.63, 3.8) is 0 Å². The van der Waals surface area contributed by atoms with Crippen molar-refractivity contribution < 1.29 is 4.79 Å². The van der Waals surface area contributed by atoms with E-state index in [2.05, 4.69) is 29.2 Å². The van der Waals surface area contributed by atoms with Crippen molar-refractivity contribution in [3.8, 4) is 0 Å². The first-order valence-corrected chi connectivity index (χ1v) is 9.88. The van der Waals surface area contributed by atoms with Crippen molar-refractivity contribution >= 4 is 11.7 Å². The molecule has 2 saturated heterocycles. The smallest absolute Gasteiger partial charge is 0.225 e. The first-order valence-electron chi connectivity index (χ1n) is 9.88. The zero-order valence-corrected chi connectivity index (χ0v) is 15.5. The van der Waals surface area contributed by atoms with E-state index >= 15 is 0 Å². The first-order chi connectivity index (χ1) is 12.1. The van der Waals surface area contributed by atoms with E-state index in [-0.39, 0.29) is 0 Å². The SMILES string of the molecule is CC(=O)C[C@H]1CC[C@H](c2cnc(N3C4CCC3CN(C)C4)nc2)CC1. The molecular weight excluding hydrogens is 312 g/mol. The molecule has 1 saturated carbocycles. The molecule has 0 spiro atoms. The molecule has 3 heterocycles. The van der Waals surface area contributed by atoms with Gasteiger partial charge in [0.25, 0.3) is 0 Å². The maximum Gasteiger partial charge on any atom is 0.225 e. The minimum Gasteiger partial charge on any atom is -0.332 e. The number of fused-ring (bicyclic) bond motifs is 2. The normalized spacial score (nSPS) is 32.8. The average Bonchev–Trinajstić information content (AvgIpc) is 2.87. The minimum atomic E-state index is 0.331. The number of ketones is 1. The number of hydrogen-bond acceptors (Lipinski definition) is 5. The summed E-state index contributed by atoms with van der Waals surface area (Å²) < 4.78 is 0. The lowest BCUT2D eigenvalue weighted by Gasteiger charge is -2.39. The van der Waals surface area contributed by atoms with Crippen molar-refractivity contribution in [2.24, 2.45) is 5.92 Å². The van der Waals surface area contributed by atoms with Gasteiger partial charge in [0, 0.05) is 44.0 Å². The Morgan fingerprint density at radius 3 is 2.20 bits per heavy atom. The summed E-state index contributed by atoms with van der Waals surface area (Å²) in [6, 6.07) is 1.16. The third kappa shape index (κ3) is 3.57. The van der Waals surface area contributed by atoms with Gasteiger partial charge in [-0.3, -0.25) is 0 Å². The Hall–Kier alpha value is -1.49. The number of rotatable bonds is 4. The summed E-state index contributed by atoms with van der Waals surface area (Å²) in [5.41, 5.74) is 1.28. The summed E-state index contributed by atoms with van der Waals surface area (Å²) in [4.78, 5) is 25.7. The van der Waals surface area contributed by atoms with E-state index in [1.165, 1.54) is 31.2 Å². The Morgan fingerprint density at radius 2 is 1.64 bits per heavy atom. The third-order valence-corrected chi connectivity index (χ3v) is 6.45. The van der Waals surface area contributed by atoms with Crippen LogP contribution >= 0.6 is 0 Å². The van der Waals surface area contributed by atoms with Gasteiger partial charge in [-0.2, -0.15) is 0 Å². The molecular formula is C20H30N4O. The second-order valence-corrected chi connectivity index (χ2v) is 8.45. The van der Waals surface area contributed by atoms with Crippen LogP contribution in [0, 0.1) is 5.92 Å². The fraction of sp³-hybridized carbons (Fsp3) is 0.750. The molecule has 136 valence electrons. The quantitative estimate of drug-likeness (QED) is 0.842. The standard InChI is InChI=1S/C20H30N4O/c1-14(25)9-15-3-5-16(6-4-15)17-10-21-20(22-11-17)24-18-7-8-19(24)13-23(2)12-18/h10-11,15-16,18-19H,3-9,12-13H2,1-2H3/t15-,16-,18?,19?. The Labute approximate surface area is 150 Å². The number of likely N-dealkylation sites (N-methyl/N-ethyl adjacent to an activating group) is 1. The molecule has 3 fully saturated rings. The predicted octanol–water partition coefficient (Wildman–Crippen LogP) is 3.01. The van der Waals surface area contributed by atoms with E-state index in [4.69, 9.17) is 9.97 Å². The molecule has 2 bridgehead atoms. The molecule has 2 aliphatic heterocycles. The summed E-state index contributed by atoms with van der Waals surface area (Å²) in [5.74, 6) is 2.42. The van der Waals surface area contributed by atoms with Crippen molar-refractivity contribution in [1.82, 2.24) is 14.9 Å². The van der Waals surface area contributed by atoms with E-state index in [0.29, 0.717) is 29.7 Å². The van der Waals surface area contributed by atoms with Crippen LogP contribution in [0.25, 0.3) is 0 Å². The number of aromatic nitrogens is 2. The van der Waals surface area contributed by atoms with Crippen LogP contribution in [0.4, 0.5) is 5.95 Å². The fourth-order valence-electron chi connectivity index (χ4n) is 5.22. The highest BCUT2D eigenvalue weighted by Gasteiger charge is 2.40. The van der Waals surface area contributed by atoms with E-state index in [1.54, 1.807) is 6.92 Å². The number of piperazine rings is 1. The summed E-state index contributed by atoms with van der Waals surface area (Å²) in [7, 11) is 2.22. The van der Waals surface area contributed by atoms with Crippen molar-refractivity contribution in [1.29, 1.82) is 0 Å². The molecule has 0 amide bonds. The van der Waals surface area contributed by atoms with E-state index in [1.807, 2.05) is 0 Å². The molecule has 5 nitrogen and oxygen atoms in total. The van der Waals surface area contributed by atoms with Crippen LogP contribution in [-0.2, 0) is 4.79 Å². The van der Waals surface area contributed by atoms with Crippen LogP contribution in [0.3, 0.4) is 0 Å². The molecule has 0 aromatic carbocycles. The fourth-order valence-corrected chi connectivity index (χ4v) is 5.22. The molecule has 1 aromatic rings. The van der Waals surface area contributed by atoms with Crippen LogP contribution in [0.15, 0.2) is 12.4 Å². The van der Waals surface area contributed by atoms with Gasteiger partial charge in [-0.1, -0.05) is 0 Å². The lowest BCUT2D eigenvalue weighted by molar-refractivity contribution is -0.118. The summed E-state index contributed by atoms with van der Waals surface area (Å²) >= 11 is 0. The largest absolute Gasteiger partial charge is 0.332 e. The van der Waals surface area contributed by atoms with Gasteiger partial charge in [-0.05, 0) is 69.9 Å². The second kappa shape index (κ2) is 7.02. The molecule has 1 aliphatic carbocycles. The van der Waals surface area contributed by atoms with E-state index in [9.17, 15) is 4.79 Å². The number of likely N-dealkylation sites (tertiary alicyclic amines) is 1. The van der Waals surface area contributed by atoms with Gasteiger partial charge < -0.3 is 14.6 Å². The number of carbonyl (C=O) groups is 1. The van der Waals surface area contributed by atoms with Gasteiger partial charge in [-0.15, -0.1) is 0 Å². The topological polar surface area (TPSA) is 49.3 Å². The molecule has 2 atom stereocenters. The molecule has 25 heavy (non-hydrogen) atoms. The maximum atomic E-state index is 11.3. The Bertz CT molecular complexity index is 595. The van der Waals surface area contributed by atoms with Crippen LogP contribution in [0.2, 0.25) is 0 Å². The molecule has 4 rings (SSSR count). The molecule has 3 aliphatic rings. The number of hydrogen-bond donors (Lipinski definition) is 0. The number of nitrogens with zero attached hydrogens (tertiary/aromatic N) is 4. The zero-order valence-electron chi connectivity index (χ0n) is 15.5. The van der Waals surface area contributed by atoms with Crippen molar-refractivity contribution in [2.45, 2.75) is 69.9 Å². The van der Waals surface area contributed by atoms with Crippen LogP contribution in [0.5, 0.6) is 0 Å². The van der Waals surface area contributed by atoms with Gasteiger partial charge in [0.2, 0.25) is 5.95 Å². The predicted molar refractivity (Wildman–Crippen MR) is 98.8 cm³/mol. The molecule has 5 heteroatoms. The van der Waals surface area contributed by atoms with Crippen LogP contribution in [-0.4, -0.2) is 52.9 Å². The average molecular weight is 342 g/mol. The molecule has 1 aromatic heterocycles. The van der Waals surface area contributed by atoms with E-state index < -0.39 is 0 Å². The summed E-state index contributed by atoms with van der Waals surface area (Å²) in [6.45, 7) is 3.97. The molecule has 2 unspecified atom stereocenters. The van der Waals surface area contributed by atoms with Gasteiger partial charge in [0.1, 0.15) is 5.78 Å². The van der Waals surface area contributed by atoms with Gasteiger partial charge in [-0.25, -0.2) is 9.97 Å². The highest BCUT2D eigenvalue weighted by molar-refractivity contribution is 5.75. The van der Waals surface area contributed by atoms with Crippen molar-refractivity contribution in [3.05, 3.63) is 18.0 Å². The molecule has 0 N–H and O–H groups in total. The van der Waals surface area contributed by atoms with Crippen LogP contribution < -0.4 is 4.90 Å². The van der Waals surface area contributed by atoms with Crippen molar-refractivity contribution in [2.75, 3.05) is 25.0 Å². The maximum absolute atomic E-state index is 11.3. The van der Waals surface area contributed by atoms with Gasteiger partial charge >= 0.3 is 0 Å². The Balaban J connectivity index is 1.39. The number of carbonyl (C=O) groups excluding carboxylic acids is 1. The lowest BCUT2D eigenvalue weighted by Crippen LogP contribution is -2.53. The lowest BCUT2D eigenvalue weighted by atomic mass is 9.78. The second-order valence-electron chi connectivity index (χ2n) is 8.45. The first kappa shape index (κ1) is 17.0.